The van der Waals surface area contributed by atoms with Crippen LogP contribution in [0.5, 0.6) is 0 Å². The quantitative estimate of drug-likeness (QED) is 0.711. The van der Waals surface area contributed by atoms with Crippen molar-refractivity contribution in [2.45, 2.75) is 44.8 Å². The summed E-state index contributed by atoms with van der Waals surface area (Å²) >= 11 is 0. The standard InChI is InChI=1S/C9H17NO3S/c1-2-7-3-4-9-8(5-7)10-14(11,12)6-13-9/h7-10H,2-6H2,1H3/t7?,8?,9-/m1/s1. The molecular weight excluding hydrogens is 202 g/mol. The lowest BCUT2D eigenvalue weighted by molar-refractivity contribution is 0.0102. The largest absolute Gasteiger partial charge is 0.359 e. The summed E-state index contributed by atoms with van der Waals surface area (Å²) in [6.45, 7) is 2.16. The van der Waals surface area contributed by atoms with Crippen molar-refractivity contribution in [1.29, 1.82) is 0 Å². The van der Waals surface area contributed by atoms with Gasteiger partial charge in [-0.25, -0.2) is 13.1 Å². The van der Waals surface area contributed by atoms with Crippen LogP contribution in [-0.2, 0) is 14.8 Å². The van der Waals surface area contributed by atoms with E-state index in [4.69, 9.17) is 4.74 Å². The Bertz CT molecular complexity index is 301. The van der Waals surface area contributed by atoms with E-state index in [9.17, 15) is 8.42 Å². The van der Waals surface area contributed by atoms with Crippen molar-refractivity contribution < 1.29 is 13.2 Å². The second-order valence-corrected chi connectivity index (χ2v) is 5.95. The van der Waals surface area contributed by atoms with Crippen LogP contribution in [0.2, 0.25) is 0 Å². The molecule has 1 aliphatic carbocycles. The SMILES string of the molecule is CCC1CC[C@H]2OCS(=O)(=O)NC2C1. The first-order chi connectivity index (χ1) is 6.61. The number of ether oxygens (including phenoxy) is 1. The molecule has 0 bridgehead atoms. The van der Waals surface area contributed by atoms with Gasteiger partial charge in [-0.05, 0) is 25.2 Å². The number of hydrogen-bond acceptors (Lipinski definition) is 3. The second-order valence-electron chi connectivity index (χ2n) is 4.25. The average molecular weight is 219 g/mol. The Labute approximate surface area is 85.1 Å². The number of hydrogen-bond donors (Lipinski definition) is 1. The van der Waals surface area contributed by atoms with Gasteiger partial charge in [0.25, 0.3) is 0 Å². The maximum absolute atomic E-state index is 11.3. The molecule has 1 aliphatic heterocycles. The van der Waals surface area contributed by atoms with E-state index in [-0.39, 0.29) is 18.1 Å². The molecule has 2 rings (SSSR count). The molecule has 0 radical (unpaired) electrons. The minimum atomic E-state index is -3.16. The van der Waals surface area contributed by atoms with Gasteiger partial charge >= 0.3 is 0 Å². The van der Waals surface area contributed by atoms with Gasteiger partial charge in [-0.2, -0.15) is 0 Å². The van der Waals surface area contributed by atoms with Crippen LogP contribution < -0.4 is 4.72 Å². The normalized spacial score (nSPS) is 41.6. The summed E-state index contributed by atoms with van der Waals surface area (Å²) in [5.41, 5.74) is 0. The van der Waals surface area contributed by atoms with Crippen molar-refractivity contribution >= 4 is 10.0 Å². The maximum Gasteiger partial charge on any atom is 0.236 e. The molecule has 0 amide bonds. The monoisotopic (exact) mass is 219 g/mol. The van der Waals surface area contributed by atoms with Crippen LogP contribution >= 0.6 is 0 Å². The van der Waals surface area contributed by atoms with E-state index < -0.39 is 10.0 Å². The minimum Gasteiger partial charge on any atom is -0.359 e. The predicted molar refractivity (Wildman–Crippen MR) is 53.2 cm³/mol. The Morgan fingerprint density at radius 1 is 1.43 bits per heavy atom. The summed E-state index contributed by atoms with van der Waals surface area (Å²) in [6, 6.07) is 0.0208. The van der Waals surface area contributed by atoms with Gasteiger partial charge in [-0.1, -0.05) is 13.3 Å². The summed E-state index contributed by atoms with van der Waals surface area (Å²) in [6.07, 6.45) is 4.33. The van der Waals surface area contributed by atoms with E-state index in [1.54, 1.807) is 0 Å². The van der Waals surface area contributed by atoms with Crippen molar-refractivity contribution in [1.82, 2.24) is 4.72 Å². The molecule has 0 aromatic carbocycles. The number of rotatable bonds is 1. The van der Waals surface area contributed by atoms with E-state index >= 15 is 0 Å². The molecule has 3 atom stereocenters. The second kappa shape index (κ2) is 3.79. The number of sulfonamides is 1. The van der Waals surface area contributed by atoms with Crippen LogP contribution in [0.15, 0.2) is 0 Å². The third-order valence-corrected chi connectivity index (χ3v) is 4.35. The van der Waals surface area contributed by atoms with E-state index in [0.717, 1.165) is 19.3 Å². The van der Waals surface area contributed by atoms with Gasteiger partial charge in [-0.3, -0.25) is 0 Å². The van der Waals surface area contributed by atoms with Crippen molar-refractivity contribution in [2.75, 3.05) is 5.94 Å². The Kier molecular flexibility index (Phi) is 2.81. The van der Waals surface area contributed by atoms with E-state index in [1.165, 1.54) is 6.42 Å². The Balaban J connectivity index is 2.04. The first-order valence-corrected chi connectivity index (χ1v) is 6.87. The molecule has 0 spiro atoms. The van der Waals surface area contributed by atoms with Gasteiger partial charge in [0.1, 0.15) is 0 Å². The first-order valence-electron chi connectivity index (χ1n) is 5.22. The molecule has 2 unspecified atom stereocenters. The predicted octanol–water partition coefficient (Wildman–Crippen LogP) is 0.841. The fourth-order valence-electron chi connectivity index (χ4n) is 2.37. The third-order valence-electron chi connectivity index (χ3n) is 3.24. The Morgan fingerprint density at radius 2 is 2.21 bits per heavy atom. The van der Waals surface area contributed by atoms with Gasteiger partial charge in [0.05, 0.1) is 6.10 Å². The first kappa shape index (κ1) is 10.4. The van der Waals surface area contributed by atoms with E-state index in [0.29, 0.717) is 5.92 Å². The van der Waals surface area contributed by atoms with Gasteiger partial charge < -0.3 is 4.74 Å². The van der Waals surface area contributed by atoms with Crippen molar-refractivity contribution in [2.24, 2.45) is 5.92 Å². The summed E-state index contributed by atoms with van der Waals surface area (Å²) in [4.78, 5) is 0. The van der Waals surface area contributed by atoms with Crippen molar-refractivity contribution in [3.63, 3.8) is 0 Å². The third kappa shape index (κ3) is 2.10. The van der Waals surface area contributed by atoms with Crippen molar-refractivity contribution in [3.05, 3.63) is 0 Å². The zero-order valence-corrected chi connectivity index (χ0v) is 9.22. The molecule has 1 saturated heterocycles. The molecule has 2 aliphatic rings. The molecule has 1 heterocycles. The van der Waals surface area contributed by atoms with Gasteiger partial charge in [0.2, 0.25) is 10.0 Å². The molecule has 0 aromatic heterocycles. The van der Waals surface area contributed by atoms with Gasteiger partial charge in [0.15, 0.2) is 5.94 Å². The summed E-state index contributed by atoms with van der Waals surface area (Å²) in [5.74, 6) is 0.492. The summed E-state index contributed by atoms with van der Waals surface area (Å²) < 4.78 is 30.6. The Hall–Kier alpha value is -0.130. The van der Waals surface area contributed by atoms with E-state index in [1.807, 2.05) is 0 Å². The van der Waals surface area contributed by atoms with Crippen LogP contribution in [-0.4, -0.2) is 26.5 Å². The fourth-order valence-corrected chi connectivity index (χ4v) is 3.50. The van der Waals surface area contributed by atoms with Crippen LogP contribution in [0.4, 0.5) is 0 Å². The topological polar surface area (TPSA) is 55.4 Å². The molecule has 0 aromatic rings. The lowest BCUT2D eigenvalue weighted by Crippen LogP contribution is -2.53. The van der Waals surface area contributed by atoms with Crippen LogP contribution in [0.25, 0.3) is 0 Å². The average Bonchev–Trinajstić information content (AvgIpc) is 2.15. The highest BCUT2D eigenvalue weighted by Gasteiger charge is 2.37. The smallest absolute Gasteiger partial charge is 0.236 e. The van der Waals surface area contributed by atoms with Crippen LogP contribution in [0.3, 0.4) is 0 Å². The highest BCUT2D eigenvalue weighted by atomic mass is 32.2. The molecule has 2 fully saturated rings. The molecule has 1 saturated carbocycles. The highest BCUT2D eigenvalue weighted by Crippen LogP contribution is 2.30. The van der Waals surface area contributed by atoms with E-state index in [2.05, 4.69) is 11.6 Å². The highest BCUT2D eigenvalue weighted by molar-refractivity contribution is 7.89. The minimum absolute atomic E-state index is 0.0208. The molecule has 1 N–H and O–H groups in total. The lowest BCUT2D eigenvalue weighted by atomic mass is 9.83. The number of fused-ring (bicyclic) bond motifs is 1. The number of nitrogens with one attached hydrogen (secondary N) is 1. The molecular formula is C9H17NO3S. The fraction of sp³-hybridized carbons (Fsp3) is 1.00. The zero-order chi connectivity index (χ0) is 10.2. The summed E-state index contributed by atoms with van der Waals surface area (Å²) in [7, 11) is -3.16. The van der Waals surface area contributed by atoms with Gasteiger partial charge in [-0.15, -0.1) is 0 Å². The molecule has 14 heavy (non-hydrogen) atoms. The van der Waals surface area contributed by atoms with Crippen LogP contribution in [0.1, 0.15) is 32.6 Å². The molecule has 5 heteroatoms. The molecule has 4 nitrogen and oxygen atoms in total. The molecule has 82 valence electrons. The lowest BCUT2D eigenvalue weighted by Gasteiger charge is -2.38. The Morgan fingerprint density at radius 3 is 2.93 bits per heavy atom. The zero-order valence-electron chi connectivity index (χ0n) is 8.40. The summed E-state index contributed by atoms with van der Waals surface area (Å²) in [5, 5.41) is 0. The maximum atomic E-state index is 11.3. The van der Waals surface area contributed by atoms with Gasteiger partial charge in [0, 0.05) is 6.04 Å². The van der Waals surface area contributed by atoms with Crippen LogP contribution in [0, 0.1) is 5.92 Å². The van der Waals surface area contributed by atoms with Crippen molar-refractivity contribution in [3.8, 4) is 0 Å².